The number of halogens is 1. The molecule has 0 bridgehead atoms. The second-order valence-corrected chi connectivity index (χ2v) is 9.90. The van der Waals surface area contributed by atoms with E-state index in [-0.39, 0.29) is 28.5 Å². The van der Waals surface area contributed by atoms with Gasteiger partial charge < -0.3 is 20.3 Å². The average molecular weight is 530 g/mol. The molecular formula is C24H20BrNO6S. The van der Waals surface area contributed by atoms with Gasteiger partial charge in [0.15, 0.2) is 9.84 Å². The molecule has 0 aliphatic rings. The van der Waals surface area contributed by atoms with E-state index >= 15 is 0 Å². The fourth-order valence-corrected chi connectivity index (χ4v) is 4.61. The van der Waals surface area contributed by atoms with E-state index < -0.39 is 21.7 Å². The number of carboxylic acids is 1. The van der Waals surface area contributed by atoms with Gasteiger partial charge in [-0.3, -0.25) is 0 Å². The number of rotatable bonds is 7. The fourth-order valence-electron chi connectivity index (χ4n) is 2.98. The van der Waals surface area contributed by atoms with Gasteiger partial charge in [-0.1, -0.05) is 33.8 Å². The molecule has 3 aromatic rings. The van der Waals surface area contributed by atoms with E-state index in [1.54, 1.807) is 31.2 Å². The minimum atomic E-state index is -3.73. The van der Waals surface area contributed by atoms with Crippen LogP contribution in [0.5, 0.6) is 11.5 Å². The third-order valence-corrected chi connectivity index (χ3v) is 6.52. The summed E-state index contributed by atoms with van der Waals surface area (Å²) >= 11 is 3.25. The molecule has 0 aliphatic heterocycles. The number of benzene rings is 3. The molecule has 0 saturated carbocycles. The standard InChI is InChI=1S/C24H20BrNO6S/c1-16-12-18(25)14-22(24(28)29)23(16)26-15-33(30,31)21-9-7-20(8-10-21)32-11-3-5-17-4-2-6-19(27)13-17/h2,4,6-10,12-14,26-27H,11,15H2,1H3,(H,28,29). The first-order chi connectivity index (χ1) is 15.7. The summed E-state index contributed by atoms with van der Waals surface area (Å²) in [5.74, 6) is 4.63. The zero-order chi connectivity index (χ0) is 24.0. The van der Waals surface area contributed by atoms with Crippen LogP contribution < -0.4 is 10.1 Å². The molecule has 0 radical (unpaired) electrons. The van der Waals surface area contributed by atoms with Crippen molar-refractivity contribution < 1.29 is 28.2 Å². The number of phenols is 1. The molecule has 0 aromatic heterocycles. The third kappa shape index (κ3) is 6.51. The van der Waals surface area contributed by atoms with Crippen LogP contribution in [0.3, 0.4) is 0 Å². The second-order valence-electron chi connectivity index (χ2n) is 7.00. The third-order valence-electron chi connectivity index (χ3n) is 4.54. The molecule has 33 heavy (non-hydrogen) atoms. The Balaban J connectivity index is 1.64. The van der Waals surface area contributed by atoms with Crippen LogP contribution in [0.4, 0.5) is 5.69 Å². The van der Waals surface area contributed by atoms with E-state index in [0.717, 1.165) is 0 Å². The van der Waals surface area contributed by atoms with E-state index in [1.165, 1.54) is 36.4 Å². The maximum atomic E-state index is 12.7. The van der Waals surface area contributed by atoms with Crippen LogP contribution in [0.15, 0.2) is 70.0 Å². The first kappa shape index (κ1) is 24.2. The largest absolute Gasteiger partial charge is 0.508 e. The van der Waals surface area contributed by atoms with Crippen molar-refractivity contribution in [3.8, 4) is 23.3 Å². The molecule has 0 heterocycles. The van der Waals surface area contributed by atoms with Crippen molar-refractivity contribution in [1.29, 1.82) is 0 Å². The maximum Gasteiger partial charge on any atom is 0.337 e. The Bertz CT molecular complexity index is 1340. The highest BCUT2D eigenvalue weighted by Crippen LogP contribution is 2.27. The molecule has 3 N–H and O–H groups in total. The van der Waals surface area contributed by atoms with Crippen LogP contribution in [-0.2, 0) is 9.84 Å². The van der Waals surface area contributed by atoms with E-state index in [4.69, 9.17) is 4.74 Å². The quantitative estimate of drug-likeness (QED) is 0.388. The number of aromatic carboxylic acids is 1. The van der Waals surface area contributed by atoms with Gasteiger partial charge >= 0.3 is 5.97 Å². The smallest absolute Gasteiger partial charge is 0.337 e. The van der Waals surface area contributed by atoms with Crippen molar-refractivity contribution >= 4 is 37.4 Å². The molecule has 3 aromatic carbocycles. The van der Waals surface area contributed by atoms with Crippen LogP contribution >= 0.6 is 15.9 Å². The minimum Gasteiger partial charge on any atom is -0.508 e. The van der Waals surface area contributed by atoms with E-state index in [0.29, 0.717) is 21.3 Å². The van der Waals surface area contributed by atoms with Gasteiger partial charge in [-0.2, -0.15) is 0 Å². The molecule has 9 heteroatoms. The molecular weight excluding hydrogens is 510 g/mol. The molecule has 0 spiro atoms. The van der Waals surface area contributed by atoms with E-state index in [1.807, 2.05) is 0 Å². The number of phenolic OH excluding ortho intramolecular Hbond substituents is 1. The SMILES string of the molecule is Cc1cc(Br)cc(C(=O)O)c1NCS(=O)(=O)c1ccc(OCC#Cc2cccc(O)c2)cc1. The van der Waals surface area contributed by atoms with Crippen molar-refractivity contribution in [2.45, 2.75) is 11.8 Å². The molecule has 170 valence electrons. The number of hydrogen-bond donors (Lipinski definition) is 3. The number of anilines is 1. The number of carboxylic acid groups (broad SMARTS) is 1. The summed E-state index contributed by atoms with van der Waals surface area (Å²) in [6.45, 7) is 1.78. The summed E-state index contributed by atoms with van der Waals surface area (Å²) < 4.78 is 31.5. The predicted molar refractivity (Wildman–Crippen MR) is 128 cm³/mol. The number of sulfone groups is 1. The highest BCUT2D eigenvalue weighted by molar-refractivity contribution is 9.10. The van der Waals surface area contributed by atoms with E-state index in [9.17, 15) is 23.4 Å². The molecule has 0 unspecified atom stereocenters. The predicted octanol–water partition coefficient (Wildman–Crippen LogP) is 4.44. The topological polar surface area (TPSA) is 113 Å². The number of nitrogens with one attached hydrogen (secondary N) is 1. The van der Waals surface area contributed by atoms with Crippen LogP contribution in [0.2, 0.25) is 0 Å². The molecule has 0 fully saturated rings. The Labute approximate surface area is 200 Å². The van der Waals surface area contributed by atoms with Gasteiger partial charge in [0, 0.05) is 10.0 Å². The summed E-state index contributed by atoms with van der Waals surface area (Å²) in [5, 5.41) is 21.6. The van der Waals surface area contributed by atoms with Crippen LogP contribution in [-0.4, -0.2) is 37.1 Å². The molecule has 0 saturated heterocycles. The number of aromatic hydroxyl groups is 1. The lowest BCUT2D eigenvalue weighted by Crippen LogP contribution is -2.17. The summed E-state index contributed by atoms with van der Waals surface area (Å²) in [6, 6.07) is 15.5. The highest BCUT2D eigenvalue weighted by atomic mass is 79.9. The van der Waals surface area contributed by atoms with Crippen molar-refractivity contribution in [1.82, 2.24) is 0 Å². The summed E-state index contributed by atoms with van der Waals surface area (Å²) in [6.07, 6.45) is 0. The van der Waals surface area contributed by atoms with Crippen LogP contribution in [0.1, 0.15) is 21.5 Å². The number of ether oxygens (including phenoxy) is 1. The lowest BCUT2D eigenvalue weighted by atomic mass is 10.1. The number of carbonyl (C=O) groups is 1. The lowest BCUT2D eigenvalue weighted by Gasteiger charge is -2.14. The maximum absolute atomic E-state index is 12.7. The average Bonchev–Trinajstić information content (AvgIpc) is 2.76. The van der Waals surface area contributed by atoms with Gasteiger partial charge in [0.05, 0.1) is 16.1 Å². The first-order valence-corrected chi connectivity index (χ1v) is 12.1. The van der Waals surface area contributed by atoms with Crippen LogP contribution in [0, 0.1) is 18.8 Å². The molecule has 0 amide bonds. The fraction of sp³-hybridized carbons (Fsp3) is 0.125. The molecule has 0 aliphatic carbocycles. The zero-order valence-corrected chi connectivity index (χ0v) is 19.9. The van der Waals surface area contributed by atoms with Gasteiger partial charge in [0.1, 0.15) is 24.0 Å². The van der Waals surface area contributed by atoms with Crippen molar-refractivity contribution in [2.75, 3.05) is 17.8 Å². The summed E-state index contributed by atoms with van der Waals surface area (Å²) in [7, 11) is -3.73. The molecule has 3 rings (SSSR count). The van der Waals surface area contributed by atoms with Gasteiger partial charge in [-0.05, 0) is 67.1 Å². The van der Waals surface area contributed by atoms with E-state index in [2.05, 4.69) is 33.1 Å². The normalized spacial score (nSPS) is 10.7. The Kier molecular flexibility index (Phi) is 7.63. The lowest BCUT2D eigenvalue weighted by molar-refractivity contribution is 0.0697. The van der Waals surface area contributed by atoms with Gasteiger partial charge in [0.25, 0.3) is 0 Å². The Morgan fingerprint density at radius 3 is 2.52 bits per heavy atom. The summed E-state index contributed by atoms with van der Waals surface area (Å²) in [4.78, 5) is 11.6. The highest BCUT2D eigenvalue weighted by Gasteiger charge is 2.18. The molecule has 7 nitrogen and oxygen atoms in total. The zero-order valence-electron chi connectivity index (χ0n) is 17.5. The van der Waals surface area contributed by atoms with Crippen molar-refractivity contribution in [3.05, 3.63) is 81.8 Å². The van der Waals surface area contributed by atoms with Gasteiger partial charge in [0.2, 0.25) is 0 Å². The number of hydrogen-bond acceptors (Lipinski definition) is 6. The Morgan fingerprint density at radius 2 is 1.85 bits per heavy atom. The summed E-state index contributed by atoms with van der Waals surface area (Å²) in [5.41, 5.74) is 1.49. The van der Waals surface area contributed by atoms with Gasteiger partial charge in [-0.15, -0.1) is 0 Å². The van der Waals surface area contributed by atoms with Crippen molar-refractivity contribution in [3.63, 3.8) is 0 Å². The number of aryl methyl sites for hydroxylation is 1. The minimum absolute atomic E-state index is 0.0207. The van der Waals surface area contributed by atoms with Gasteiger partial charge in [-0.25, -0.2) is 13.2 Å². The van der Waals surface area contributed by atoms with Crippen molar-refractivity contribution in [2.24, 2.45) is 0 Å². The van der Waals surface area contributed by atoms with Crippen LogP contribution in [0.25, 0.3) is 0 Å². The Morgan fingerprint density at radius 1 is 1.12 bits per heavy atom. The molecule has 0 atom stereocenters. The monoisotopic (exact) mass is 529 g/mol. The first-order valence-electron chi connectivity index (χ1n) is 9.66. The second kappa shape index (κ2) is 10.4. The Hall–Kier alpha value is -3.48.